The van der Waals surface area contributed by atoms with Gasteiger partial charge in [0.05, 0.1) is 18.8 Å². The van der Waals surface area contributed by atoms with Crippen LogP contribution in [0.5, 0.6) is 5.75 Å². The predicted molar refractivity (Wildman–Crippen MR) is 121 cm³/mol. The van der Waals surface area contributed by atoms with Crippen molar-refractivity contribution in [3.63, 3.8) is 0 Å². The highest BCUT2D eigenvalue weighted by Gasteiger charge is 2.27. The summed E-state index contributed by atoms with van der Waals surface area (Å²) in [5, 5.41) is 12.6. The van der Waals surface area contributed by atoms with E-state index >= 15 is 0 Å². The van der Waals surface area contributed by atoms with E-state index in [4.69, 9.17) is 10.5 Å². The van der Waals surface area contributed by atoms with Crippen molar-refractivity contribution in [2.75, 3.05) is 18.9 Å². The van der Waals surface area contributed by atoms with Gasteiger partial charge < -0.3 is 15.6 Å². The van der Waals surface area contributed by atoms with Crippen LogP contribution >= 0.6 is 11.3 Å². The number of thiazole rings is 1. The van der Waals surface area contributed by atoms with Gasteiger partial charge in [0.15, 0.2) is 5.13 Å². The van der Waals surface area contributed by atoms with Gasteiger partial charge in [-0.2, -0.15) is 8.42 Å². The Morgan fingerprint density at radius 2 is 1.85 bits per heavy atom. The van der Waals surface area contributed by atoms with Crippen LogP contribution in [-0.2, 0) is 21.7 Å². The van der Waals surface area contributed by atoms with Crippen LogP contribution < -0.4 is 10.5 Å². The number of nitrogens with zero attached hydrogens (tertiary/aromatic N) is 3. The third-order valence-corrected chi connectivity index (χ3v) is 5.61. The Kier molecular flexibility index (Phi) is 8.11. The van der Waals surface area contributed by atoms with Crippen molar-refractivity contribution in [3.8, 4) is 5.75 Å². The molecule has 3 rings (SSSR count). The van der Waals surface area contributed by atoms with Gasteiger partial charge in [0.2, 0.25) is 0 Å². The molecule has 1 heterocycles. The maximum absolute atomic E-state index is 12.9. The second-order valence-corrected chi connectivity index (χ2v) is 8.27. The summed E-state index contributed by atoms with van der Waals surface area (Å²) in [6, 6.07) is 14.2. The van der Waals surface area contributed by atoms with Crippen LogP contribution in [0.15, 0.2) is 64.4 Å². The first-order chi connectivity index (χ1) is 15.8. The summed E-state index contributed by atoms with van der Waals surface area (Å²) < 4.78 is 31.3. The third kappa shape index (κ3) is 6.85. The van der Waals surface area contributed by atoms with Crippen molar-refractivity contribution in [2.24, 2.45) is 4.47 Å². The summed E-state index contributed by atoms with van der Waals surface area (Å²) >= 11 is 1.35. The lowest BCUT2D eigenvalue weighted by molar-refractivity contribution is -0.139. The van der Waals surface area contributed by atoms with E-state index in [1.165, 1.54) is 23.5 Å². The first-order valence-electron chi connectivity index (χ1n) is 9.67. The maximum Gasteiger partial charge on any atom is 0.333 e. The number of carboxylic acids is 1. The number of nitrogen functional groups attached to an aromatic ring is 1. The molecule has 1 atom stereocenters. The summed E-state index contributed by atoms with van der Waals surface area (Å²) in [7, 11) is -2.95. The van der Waals surface area contributed by atoms with Crippen LogP contribution in [0, 0.1) is 0 Å². The number of hydrogen-bond donors (Lipinski definition) is 2. The fourth-order valence-corrected chi connectivity index (χ4v) is 3.87. The fourth-order valence-electron chi connectivity index (χ4n) is 2.97. The van der Waals surface area contributed by atoms with Gasteiger partial charge >= 0.3 is 16.5 Å². The van der Waals surface area contributed by atoms with Gasteiger partial charge in [0.1, 0.15) is 11.7 Å². The normalized spacial score (nSPS) is 11.4. The van der Waals surface area contributed by atoms with Gasteiger partial charge in [-0.05, 0) is 34.3 Å². The van der Waals surface area contributed by atoms with Crippen LogP contribution in [0.4, 0.5) is 5.13 Å². The van der Waals surface area contributed by atoms with E-state index in [9.17, 15) is 23.1 Å². The topological polar surface area (TPSA) is 152 Å². The number of benzene rings is 2. The molecule has 0 radical (unpaired) electrons. The molecule has 2 aromatic carbocycles. The average molecular weight is 489 g/mol. The Labute approximate surface area is 194 Å². The van der Waals surface area contributed by atoms with Crippen LogP contribution in [0.3, 0.4) is 0 Å². The number of nitrogens with two attached hydrogens (primary N) is 1. The Morgan fingerprint density at radius 3 is 2.42 bits per heavy atom. The zero-order valence-corrected chi connectivity index (χ0v) is 18.8. The molecule has 0 aliphatic carbocycles. The number of aromatic nitrogens is 1. The highest BCUT2D eigenvalue weighted by molar-refractivity contribution is 7.61. The molecular weight excluding hydrogens is 468 g/mol. The largest absolute Gasteiger partial charge is 0.493 e. The molecular formula is C21H20N4O6S2. The van der Waals surface area contributed by atoms with Gasteiger partial charge in [-0.3, -0.25) is 9.59 Å². The second kappa shape index (κ2) is 11.2. The van der Waals surface area contributed by atoms with Gasteiger partial charge in [0, 0.05) is 17.4 Å². The van der Waals surface area contributed by atoms with E-state index in [1.54, 1.807) is 42.5 Å². The summed E-state index contributed by atoms with van der Waals surface area (Å²) in [5.41, 5.74) is 6.95. The second-order valence-electron chi connectivity index (χ2n) is 6.79. The van der Waals surface area contributed by atoms with Crippen molar-refractivity contribution in [1.29, 1.82) is 0 Å². The minimum Gasteiger partial charge on any atom is -0.493 e. The number of carbonyl (C=O) groups is 2. The molecule has 0 aliphatic heterocycles. The number of rotatable bonds is 10. The minimum absolute atomic E-state index is 0.126. The number of carbonyl (C=O) groups excluding carboxylic acids is 1. The Hall–Kier alpha value is -3.77. The van der Waals surface area contributed by atoms with Crippen LogP contribution in [0.25, 0.3) is 0 Å². The molecule has 0 aliphatic rings. The lowest BCUT2D eigenvalue weighted by Crippen LogP contribution is -2.33. The van der Waals surface area contributed by atoms with Crippen molar-refractivity contribution in [3.05, 3.63) is 76.8 Å². The van der Waals surface area contributed by atoms with E-state index in [2.05, 4.69) is 9.46 Å². The average Bonchev–Trinajstić information content (AvgIpc) is 3.21. The lowest BCUT2D eigenvalue weighted by atomic mass is 9.99. The number of ether oxygens (including phenoxy) is 1. The zero-order valence-electron chi connectivity index (χ0n) is 17.2. The standard InChI is InChI=1S/C21H20N4O6S2/c22-21-23-16(13-32-21)10-11-31-17-8-6-15(7-9-17)19(26)25(24-33(29)30)12-18(20(27)28)14-4-2-1-3-5-14/h1-9,13,18H,10-12H2,(H2,22,23)(H,27,28)/t18-/m1/s1. The fraction of sp³-hybridized carbons (Fsp3) is 0.190. The van der Waals surface area contributed by atoms with E-state index in [-0.39, 0.29) is 5.56 Å². The summed E-state index contributed by atoms with van der Waals surface area (Å²) in [6.07, 6.45) is 0.562. The molecule has 1 amide bonds. The predicted octanol–water partition coefficient (Wildman–Crippen LogP) is 2.64. The van der Waals surface area contributed by atoms with Crippen LogP contribution in [0.2, 0.25) is 0 Å². The minimum atomic E-state index is -2.95. The Bertz CT molecular complexity index is 1240. The summed E-state index contributed by atoms with van der Waals surface area (Å²) in [4.78, 5) is 28.8. The quantitative estimate of drug-likeness (QED) is 0.413. The highest BCUT2D eigenvalue weighted by atomic mass is 32.2. The first-order valence-corrected chi connectivity index (χ1v) is 11.6. The number of carboxylic acid groups (broad SMARTS) is 1. The number of anilines is 1. The molecule has 172 valence electrons. The molecule has 33 heavy (non-hydrogen) atoms. The zero-order chi connectivity index (χ0) is 23.8. The molecule has 1 aromatic heterocycles. The molecule has 3 N–H and O–H groups in total. The van der Waals surface area contributed by atoms with Crippen LogP contribution in [-0.4, -0.2) is 48.5 Å². The van der Waals surface area contributed by atoms with Crippen molar-refractivity contribution in [1.82, 2.24) is 9.99 Å². The van der Waals surface area contributed by atoms with Gasteiger partial charge in [0.25, 0.3) is 5.91 Å². The first kappa shape index (κ1) is 23.9. The number of aliphatic carboxylic acids is 1. The van der Waals surface area contributed by atoms with E-state index < -0.39 is 34.8 Å². The molecule has 0 saturated heterocycles. The Morgan fingerprint density at radius 1 is 1.15 bits per heavy atom. The van der Waals surface area contributed by atoms with Crippen molar-refractivity contribution < 1.29 is 27.9 Å². The molecule has 10 nitrogen and oxygen atoms in total. The van der Waals surface area contributed by atoms with E-state index in [0.29, 0.717) is 34.5 Å². The Balaban J connectivity index is 1.70. The van der Waals surface area contributed by atoms with E-state index in [1.807, 2.05) is 5.38 Å². The van der Waals surface area contributed by atoms with Gasteiger partial charge in [-0.15, -0.1) is 11.3 Å². The van der Waals surface area contributed by atoms with Gasteiger partial charge in [-0.1, -0.05) is 30.3 Å². The SMILES string of the molecule is Nc1nc(CCOc2ccc(C(=O)N(C[C@@H](C(=O)O)c3ccccc3)N=S(=O)=O)cc2)cs1. The van der Waals surface area contributed by atoms with Crippen LogP contribution in [0.1, 0.15) is 27.5 Å². The monoisotopic (exact) mass is 488 g/mol. The third-order valence-electron chi connectivity index (χ3n) is 4.55. The molecule has 0 bridgehead atoms. The molecule has 3 aromatic rings. The van der Waals surface area contributed by atoms with E-state index in [0.717, 1.165) is 5.69 Å². The molecule has 12 heteroatoms. The van der Waals surface area contributed by atoms with Crippen molar-refractivity contribution in [2.45, 2.75) is 12.3 Å². The summed E-state index contributed by atoms with van der Waals surface area (Å²) in [5.74, 6) is -2.63. The molecule has 0 fully saturated rings. The van der Waals surface area contributed by atoms with Crippen molar-refractivity contribution >= 4 is 38.8 Å². The number of amides is 1. The smallest absolute Gasteiger partial charge is 0.333 e. The highest BCUT2D eigenvalue weighted by Crippen LogP contribution is 2.20. The molecule has 0 unspecified atom stereocenters. The molecule has 0 saturated carbocycles. The molecule has 0 spiro atoms. The van der Waals surface area contributed by atoms with Gasteiger partial charge in [-0.25, -0.2) is 9.99 Å². The lowest BCUT2D eigenvalue weighted by Gasteiger charge is -2.20. The maximum atomic E-state index is 12.9. The summed E-state index contributed by atoms with van der Waals surface area (Å²) in [6.45, 7) is -0.106. The number of hydrogen-bond acceptors (Lipinski definition) is 9.